The Balaban J connectivity index is 1.80. The first-order chi connectivity index (χ1) is 10.9. The molecule has 2 atom stereocenters. The van der Waals surface area contributed by atoms with Crippen LogP contribution in [-0.4, -0.2) is 28.6 Å². The average molecular weight is 313 g/mol. The van der Waals surface area contributed by atoms with Crippen LogP contribution in [0.2, 0.25) is 0 Å². The molecule has 0 bridgehead atoms. The van der Waals surface area contributed by atoms with Gasteiger partial charge in [0.1, 0.15) is 11.9 Å². The second-order valence-corrected chi connectivity index (χ2v) is 6.75. The van der Waals surface area contributed by atoms with Gasteiger partial charge in [-0.2, -0.15) is 0 Å². The molecule has 0 spiro atoms. The maximum atomic E-state index is 12.3. The third kappa shape index (κ3) is 2.01. The molecule has 1 fully saturated rings. The minimum Gasteiger partial charge on any atom is -0.343 e. The van der Waals surface area contributed by atoms with Crippen LogP contribution in [0.15, 0.2) is 23.2 Å². The van der Waals surface area contributed by atoms with Crippen molar-refractivity contribution in [1.82, 2.24) is 10.2 Å². The Morgan fingerprint density at radius 1 is 1.35 bits per heavy atom. The summed E-state index contributed by atoms with van der Waals surface area (Å²) in [6, 6.07) is 5.58. The van der Waals surface area contributed by atoms with E-state index < -0.39 is 11.6 Å². The van der Waals surface area contributed by atoms with Crippen LogP contribution in [0.25, 0.3) is 0 Å². The van der Waals surface area contributed by atoms with E-state index in [-0.39, 0.29) is 18.0 Å². The van der Waals surface area contributed by atoms with Crippen LogP contribution >= 0.6 is 0 Å². The molecule has 6 heteroatoms. The number of piperidine rings is 1. The van der Waals surface area contributed by atoms with Crippen LogP contribution in [0.3, 0.4) is 0 Å². The number of ether oxygens (including phenoxy) is 1. The SMILES string of the molecule is CC1=Nc2cccc3c2C(OC3(C)C)N1C1CCC(=O)NC1=O. The normalized spacial score (nSPS) is 28.3. The lowest BCUT2D eigenvalue weighted by molar-refractivity contribution is -0.147. The predicted molar refractivity (Wildman–Crippen MR) is 84.1 cm³/mol. The molecule has 0 radical (unpaired) electrons. The summed E-state index contributed by atoms with van der Waals surface area (Å²) in [6.07, 6.45) is 0.484. The van der Waals surface area contributed by atoms with Gasteiger partial charge in [0.05, 0.1) is 11.3 Å². The smallest absolute Gasteiger partial charge is 0.249 e. The second-order valence-electron chi connectivity index (χ2n) is 6.75. The van der Waals surface area contributed by atoms with Gasteiger partial charge in [-0.05, 0) is 38.8 Å². The summed E-state index contributed by atoms with van der Waals surface area (Å²) in [5.74, 6) is 0.253. The van der Waals surface area contributed by atoms with Crippen LogP contribution in [0, 0.1) is 0 Å². The summed E-state index contributed by atoms with van der Waals surface area (Å²) in [6.45, 7) is 5.94. The Morgan fingerprint density at radius 3 is 2.87 bits per heavy atom. The summed E-state index contributed by atoms with van der Waals surface area (Å²) in [5, 5.41) is 2.42. The summed E-state index contributed by atoms with van der Waals surface area (Å²) in [5.41, 5.74) is 2.61. The molecule has 120 valence electrons. The highest BCUT2D eigenvalue weighted by molar-refractivity contribution is 6.02. The van der Waals surface area contributed by atoms with Crippen molar-refractivity contribution < 1.29 is 14.3 Å². The second kappa shape index (κ2) is 4.64. The summed E-state index contributed by atoms with van der Waals surface area (Å²) in [4.78, 5) is 30.3. The third-order valence-electron chi connectivity index (χ3n) is 4.84. The number of rotatable bonds is 1. The maximum Gasteiger partial charge on any atom is 0.249 e. The van der Waals surface area contributed by atoms with Gasteiger partial charge in [-0.3, -0.25) is 14.9 Å². The van der Waals surface area contributed by atoms with E-state index >= 15 is 0 Å². The van der Waals surface area contributed by atoms with Crippen molar-refractivity contribution in [2.75, 3.05) is 0 Å². The van der Waals surface area contributed by atoms with Gasteiger partial charge in [-0.1, -0.05) is 12.1 Å². The predicted octanol–water partition coefficient (Wildman–Crippen LogP) is 2.12. The highest BCUT2D eigenvalue weighted by Gasteiger charge is 2.48. The molecule has 4 rings (SSSR count). The number of carbonyl (C=O) groups excluding carboxylic acids is 2. The Labute approximate surface area is 134 Å². The van der Waals surface area contributed by atoms with E-state index in [0.717, 1.165) is 22.6 Å². The molecular formula is C17H19N3O3. The number of hydrogen-bond acceptors (Lipinski definition) is 5. The Kier molecular flexibility index (Phi) is 2.90. The molecule has 1 aromatic rings. The Morgan fingerprint density at radius 2 is 2.13 bits per heavy atom. The van der Waals surface area contributed by atoms with E-state index in [1.54, 1.807) is 0 Å². The highest BCUT2D eigenvalue weighted by atomic mass is 16.5. The number of amidine groups is 1. The molecule has 3 aliphatic rings. The molecule has 2 amide bonds. The van der Waals surface area contributed by atoms with Gasteiger partial charge in [0, 0.05) is 12.0 Å². The van der Waals surface area contributed by atoms with Crippen molar-refractivity contribution in [1.29, 1.82) is 0 Å². The first kappa shape index (κ1) is 14.4. The molecule has 0 aromatic heterocycles. The number of benzene rings is 1. The molecule has 0 saturated carbocycles. The number of nitrogens with zero attached hydrogens (tertiary/aromatic N) is 2. The molecule has 1 aromatic carbocycles. The Hall–Kier alpha value is -2.21. The van der Waals surface area contributed by atoms with E-state index in [1.807, 2.05) is 37.8 Å². The lowest BCUT2D eigenvalue weighted by Gasteiger charge is -2.40. The number of carbonyl (C=O) groups is 2. The quantitative estimate of drug-likeness (QED) is 0.806. The molecule has 0 aliphatic carbocycles. The van der Waals surface area contributed by atoms with Gasteiger partial charge in [0.2, 0.25) is 11.8 Å². The van der Waals surface area contributed by atoms with Crippen LogP contribution in [0.1, 0.15) is 51.0 Å². The van der Waals surface area contributed by atoms with E-state index in [0.29, 0.717) is 12.8 Å². The van der Waals surface area contributed by atoms with E-state index in [4.69, 9.17) is 4.74 Å². The summed E-state index contributed by atoms with van der Waals surface area (Å²) in [7, 11) is 0. The molecule has 3 heterocycles. The largest absolute Gasteiger partial charge is 0.343 e. The van der Waals surface area contributed by atoms with Crippen LogP contribution in [0.4, 0.5) is 5.69 Å². The average Bonchev–Trinajstić information content (AvgIpc) is 2.74. The maximum absolute atomic E-state index is 12.3. The van der Waals surface area contributed by atoms with Crippen molar-refractivity contribution in [3.05, 3.63) is 29.3 Å². The summed E-state index contributed by atoms with van der Waals surface area (Å²) >= 11 is 0. The van der Waals surface area contributed by atoms with Gasteiger partial charge in [-0.25, -0.2) is 4.99 Å². The van der Waals surface area contributed by atoms with E-state index in [1.165, 1.54) is 0 Å². The van der Waals surface area contributed by atoms with Crippen LogP contribution < -0.4 is 5.32 Å². The van der Waals surface area contributed by atoms with Gasteiger partial charge < -0.3 is 9.64 Å². The van der Waals surface area contributed by atoms with Gasteiger partial charge in [0.25, 0.3) is 0 Å². The molecule has 23 heavy (non-hydrogen) atoms. The molecule has 3 aliphatic heterocycles. The minimum absolute atomic E-state index is 0.216. The van der Waals surface area contributed by atoms with Crippen LogP contribution in [0.5, 0.6) is 0 Å². The Bertz CT molecular complexity index is 753. The van der Waals surface area contributed by atoms with Crippen molar-refractivity contribution in [3.8, 4) is 0 Å². The van der Waals surface area contributed by atoms with Crippen LogP contribution in [-0.2, 0) is 19.9 Å². The zero-order valence-electron chi connectivity index (χ0n) is 13.4. The number of hydrogen-bond donors (Lipinski definition) is 1. The van der Waals surface area contributed by atoms with Crippen molar-refractivity contribution in [2.45, 2.75) is 51.5 Å². The number of aliphatic imine (C=N–C) groups is 1. The van der Waals surface area contributed by atoms with Crippen molar-refractivity contribution >= 4 is 23.3 Å². The lowest BCUT2D eigenvalue weighted by atomic mass is 9.93. The fourth-order valence-corrected chi connectivity index (χ4v) is 3.77. The molecule has 6 nitrogen and oxygen atoms in total. The molecular weight excluding hydrogens is 294 g/mol. The fraction of sp³-hybridized carbons (Fsp3) is 0.471. The third-order valence-corrected chi connectivity index (χ3v) is 4.84. The molecule has 1 saturated heterocycles. The summed E-state index contributed by atoms with van der Waals surface area (Å²) < 4.78 is 6.29. The minimum atomic E-state index is -0.435. The van der Waals surface area contributed by atoms with E-state index in [2.05, 4.69) is 16.4 Å². The number of amides is 2. The first-order valence-corrected chi connectivity index (χ1v) is 7.87. The first-order valence-electron chi connectivity index (χ1n) is 7.87. The van der Waals surface area contributed by atoms with Crippen molar-refractivity contribution in [3.63, 3.8) is 0 Å². The molecule has 1 N–H and O–H groups in total. The standard InChI is InChI=1S/C17H19N3O3/c1-9-18-11-6-4-5-10-14(11)16(23-17(10,2)3)20(9)12-7-8-13(21)19-15(12)22/h4-6,12,16H,7-8H2,1-3H3,(H,19,21,22). The van der Waals surface area contributed by atoms with E-state index in [9.17, 15) is 9.59 Å². The monoisotopic (exact) mass is 313 g/mol. The lowest BCUT2D eigenvalue weighted by Crippen LogP contribution is -2.55. The molecule has 2 unspecified atom stereocenters. The number of imide groups is 1. The van der Waals surface area contributed by atoms with Gasteiger partial charge >= 0.3 is 0 Å². The van der Waals surface area contributed by atoms with Gasteiger partial charge in [0.15, 0.2) is 6.23 Å². The fourth-order valence-electron chi connectivity index (χ4n) is 3.77. The zero-order valence-corrected chi connectivity index (χ0v) is 13.4. The van der Waals surface area contributed by atoms with Crippen molar-refractivity contribution in [2.24, 2.45) is 4.99 Å². The topological polar surface area (TPSA) is 71.0 Å². The van der Waals surface area contributed by atoms with Gasteiger partial charge in [-0.15, -0.1) is 0 Å². The zero-order chi connectivity index (χ0) is 16.4. The number of nitrogens with one attached hydrogen (secondary N) is 1. The highest BCUT2D eigenvalue weighted by Crippen LogP contribution is 2.51.